The summed E-state index contributed by atoms with van der Waals surface area (Å²) in [6, 6.07) is -0.890. The summed E-state index contributed by atoms with van der Waals surface area (Å²) in [6.07, 6.45) is 89.4. The standard InChI is InChI=1S/C79H149N2O7P/c1-7-10-13-16-19-22-25-27-29-31-33-35-37-39-40-42-44-46-48-50-52-54-57-60-63-66-69-72-79(83)88-77(70-67-64-61-58-55-24-21-18-15-12-9-3)76(75-87-89(84,85)86-74-73-81(4,5)6)80-78(82)71-68-65-62-59-56-53-51-49-47-45-43-41-38-36-34-32-30-28-26-23-20-17-14-11-8-2/h20,23,27-30,34,36,67,70,76-77H,7-19,21-22,24-26,31-33,35,37-66,68-69,71-75H2,1-6H3,(H-,80,82,84,85)/b23-20-,29-27+,30-28-,36-34-,70-67+. The number of likely N-dealkylation sites (N-methyl/N-ethyl adjacent to an activating group) is 1. The molecule has 3 atom stereocenters. The fourth-order valence-electron chi connectivity index (χ4n) is 11.5. The minimum absolute atomic E-state index is 0.0218. The summed E-state index contributed by atoms with van der Waals surface area (Å²) in [5.74, 6) is -0.527. The van der Waals surface area contributed by atoms with Crippen LogP contribution in [0.5, 0.6) is 0 Å². The molecule has 0 heterocycles. The molecule has 0 aromatic rings. The van der Waals surface area contributed by atoms with E-state index in [1.54, 1.807) is 0 Å². The number of nitrogens with one attached hydrogen (secondary N) is 1. The Morgan fingerprint density at radius 2 is 0.685 bits per heavy atom. The van der Waals surface area contributed by atoms with Gasteiger partial charge in [0, 0.05) is 12.8 Å². The molecule has 3 unspecified atom stereocenters. The highest BCUT2D eigenvalue weighted by Crippen LogP contribution is 2.38. The maximum Gasteiger partial charge on any atom is 0.306 e. The highest BCUT2D eigenvalue weighted by molar-refractivity contribution is 7.45. The normalized spacial score (nSPS) is 13.7. The van der Waals surface area contributed by atoms with Crippen LogP contribution in [0.4, 0.5) is 0 Å². The molecule has 0 aliphatic rings. The van der Waals surface area contributed by atoms with Crippen LogP contribution >= 0.6 is 7.82 Å². The van der Waals surface area contributed by atoms with Crippen molar-refractivity contribution in [3.8, 4) is 0 Å². The lowest BCUT2D eigenvalue weighted by Crippen LogP contribution is -2.47. The largest absolute Gasteiger partial charge is 0.756 e. The van der Waals surface area contributed by atoms with Crippen LogP contribution in [-0.2, 0) is 27.9 Å². The van der Waals surface area contributed by atoms with Gasteiger partial charge in [-0.25, -0.2) is 0 Å². The molecule has 0 radical (unpaired) electrons. The maximum absolute atomic E-state index is 13.6. The second-order valence-corrected chi connectivity index (χ2v) is 28.9. The van der Waals surface area contributed by atoms with Gasteiger partial charge in [0.25, 0.3) is 7.82 Å². The molecular weight excluding hydrogens is 1120 g/mol. The van der Waals surface area contributed by atoms with Gasteiger partial charge in [0.2, 0.25) is 5.91 Å². The van der Waals surface area contributed by atoms with Crippen molar-refractivity contribution in [1.82, 2.24) is 5.32 Å². The Hall–Kier alpha value is -2.29. The van der Waals surface area contributed by atoms with Crippen LogP contribution < -0.4 is 10.2 Å². The molecule has 0 saturated heterocycles. The van der Waals surface area contributed by atoms with Crippen LogP contribution in [0, 0.1) is 0 Å². The molecular formula is C79H149N2O7P. The molecule has 1 amide bonds. The van der Waals surface area contributed by atoms with E-state index in [9.17, 15) is 19.0 Å². The van der Waals surface area contributed by atoms with Crippen LogP contribution in [-0.4, -0.2) is 69.4 Å². The van der Waals surface area contributed by atoms with Crippen LogP contribution in [0.1, 0.15) is 380 Å². The number of amides is 1. The number of esters is 1. The highest BCUT2D eigenvalue weighted by Gasteiger charge is 2.27. The molecule has 0 saturated carbocycles. The molecule has 0 bridgehead atoms. The van der Waals surface area contributed by atoms with Gasteiger partial charge in [-0.05, 0) is 96.0 Å². The van der Waals surface area contributed by atoms with Crippen LogP contribution in [0.25, 0.3) is 0 Å². The fourth-order valence-corrected chi connectivity index (χ4v) is 12.2. The molecule has 0 aliphatic heterocycles. The SMILES string of the molecule is CCCCC/C=C\C/C=C\C/C=C\CCCCCCCCCCCCCCC(=O)NC(COP(=O)([O-])OCC[N+](C)(C)C)C(/C=C/CCCCCCCCCCC)OC(=O)CCCCCCCCCCCCCCCCCCC/C=C/CCCCCCCC. The molecule has 1 N–H and O–H groups in total. The lowest BCUT2D eigenvalue weighted by Gasteiger charge is -2.30. The molecule has 10 heteroatoms. The summed E-state index contributed by atoms with van der Waals surface area (Å²) >= 11 is 0. The predicted molar refractivity (Wildman–Crippen MR) is 385 cm³/mol. The van der Waals surface area contributed by atoms with Gasteiger partial charge in [-0.3, -0.25) is 14.2 Å². The smallest absolute Gasteiger partial charge is 0.306 e. The highest BCUT2D eigenvalue weighted by atomic mass is 31.2. The summed E-state index contributed by atoms with van der Waals surface area (Å²) in [5.41, 5.74) is 0. The Morgan fingerprint density at radius 1 is 0.393 bits per heavy atom. The molecule has 9 nitrogen and oxygen atoms in total. The van der Waals surface area contributed by atoms with E-state index in [0.29, 0.717) is 17.4 Å². The molecule has 0 rings (SSSR count). The number of unbranched alkanes of at least 4 members (excludes halogenated alkanes) is 47. The van der Waals surface area contributed by atoms with Gasteiger partial charge in [-0.2, -0.15) is 0 Å². The van der Waals surface area contributed by atoms with Crippen LogP contribution in [0.3, 0.4) is 0 Å². The topological polar surface area (TPSA) is 114 Å². The zero-order chi connectivity index (χ0) is 64.9. The van der Waals surface area contributed by atoms with E-state index in [-0.39, 0.29) is 31.5 Å². The Balaban J connectivity index is 4.90. The Kier molecular flexibility index (Phi) is 66.8. The summed E-state index contributed by atoms with van der Waals surface area (Å²) in [6.45, 7) is 6.86. The van der Waals surface area contributed by atoms with Crippen molar-refractivity contribution in [2.75, 3.05) is 40.9 Å². The van der Waals surface area contributed by atoms with E-state index in [1.165, 1.54) is 276 Å². The van der Waals surface area contributed by atoms with E-state index in [4.69, 9.17) is 13.8 Å². The quantitative estimate of drug-likeness (QED) is 0.0212. The lowest BCUT2D eigenvalue weighted by molar-refractivity contribution is -0.870. The maximum atomic E-state index is 13.6. The van der Waals surface area contributed by atoms with Crippen molar-refractivity contribution < 1.29 is 37.3 Å². The number of nitrogens with zero attached hydrogens (tertiary/aromatic N) is 1. The molecule has 522 valence electrons. The second kappa shape index (κ2) is 68.6. The van der Waals surface area contributed by atoms with Crippen molar-refractivity contribution in [2.45, 2.75) is 392 Å². The van der Waals surface area contributed by atoms with E-state index >= 15 is 0 Å². The van der Waals surface area contributed by atoms with Gasteiger partial charge in [0.1, 0.15) is 19.3 Å². The first-order valence-corrected chi connectivity index (χ1v) is 40.1. The first-order valence-electron chi connectivity index (χ1n) is 38.6. The number of carbonyl (C=O) groups is 2. The zero-order valence-corrected chi connectivity index (χ0v) is 60.8. The second-order valence-electron chi connectivity index (χ2n) is 27.5. The van der Waals surface area contributed by atoms with Gasteiger partial charge in [0.15, 0.2) is 0 Å². The summed E-state index contributed by atoms with van der Waals surface area (Å²) in [4.78, 5) is 40.3. The molecule has 0 aromatic carbocycles. The summed E-state index contributed by atoms with van der Waals surface area (Å²) in [7, 11) is 1.20. The van der Waals surface area contributed by atoms with Crippen LogP contribution in [0.2, 0.25) is 0 Å². The van der Waals surface area contributed by atoms with E-state index in [2.05, 4.69) is 74.7 Å². The van der Waals surface area contributed by atoms with Crippen molar-refractivity contribution in [2.24, 2.45) is 0 Å². The van der Waals surface area contributed by atoms with Crippen molar-refractivity contribution in [1.29, 1.82) is 0 Å². The molecule has 0 fully saturated rings. The first kappa shape index (κ1) is 86.7. The van der Waals surface area contributed by atoms with E-state index in [1.807, 2.05) is 33.3 Å². The number of ether oxygens (including phenoxy) is 1. The third-order valence-electron chi connectivity index (χ3n) is 17.4. The third kappa shape index (κ3) is 69.9. The number of quaternary nitrogens is 1. The minimum Gasteiger partial charge on any atom is -0.756 e. The van der Waals surface area contributed by atoms with E-state index < -0.39 is 20.0 Å². The van der Waals surface area contributed by atoms with Crippen molar-refractivity contribution in [3.05, 3.63) is 60.8 Å². The number of allylic oxidation sites excluding steroid dienone is 9. The van der Waals surface area contributed by atoms with Crippen molar-refractivity contribution in [3.63, 3.8) is 0 Å². The molecule has 89 heavy (non-hydrogen) atoms. The zero-order valence-electron chi connectivity index (χ0n) is 59.9. The average Bonchev–Trinajstić information content (AvgIpc) is 3.62. The number of phosphoric ester groups is 1. The molecule has 0 aromatic heterocycles. The number of phosphoric acid groups is 1. The summed E-state index contributed by atoms with van der Waals surface area (Å²) in [5, 5.41) is 3.05. The number of hydrogen-bond donors (Lipinski definition) is 1. The van der Waals surface area contributed by atoms with Gasteiger partial charge in [-0.1, -0.05) is 332 Å². The van der Waals surface area contributed by atoms with Crippen LogP contribution in [0.15, 0.2) is 60.8 Å². The average molecular weight is 1270 g/mol. The molecule has 0 spiro atoms. The first-order chi connectivity index (χ1) is 43.4. The van der Waals surface area contributed by atoms with Crippen molar-refractivity contribution >= 4 is 19.7 Å². The van der Waals surface area contributed by atoms with Gasteiger partial charge >= 0.3 is 5.97 Å². The van der Waals surface area contributed by atoms with Gasteiger partial charge in [-0.15, -0.1) is 0 Å². The van der Waals surface area contributed by atoms with E-state index in [0.717, 1.165) is 70.6 Å². The minimum atomic E-state index is -4.71. The fraction of sp³-hybridized carbons (Fsp3) is 0.848. The number of carbonyl (C=O) groups excluding carboxylic acids is 2. The molecule has 0 aliphatic carbocycles. The Labute approximate surface area is 553 Å². The lowest BCUT2D eigenvalue weighted by atomic mass is 10.0. The monoisotopic (exact) mass is 1270 g/mol. The predicted octanol–water partition coefficient (Wildman–Crippen LogP) is 24.3. The third-order valence-corrected chi connectivity index (χ3v) is 18.4. The number of hydrogen-bond acceptors (Lipinski definition) is 7. The Bertz CT molecular complexity index is 1700. The summed E-state index contributed by atoms with van der Waals surface area (Å²) < 4.78 is 30.5. The van der Waals surface area contributed by atoms with Gasteiger partial charge < -0.3 is 28.5 Å². The van der Waals surface area contributed by atoms with Gasteiger partial charge in [0.05, 0.1) is 33.8 Å². The number of rotatable bonds is 71. The Morgan fingerprint density at radius 3 is 1.06 bits per heavy atom.